The van der Waals surface area contributed by atoms with E-state index in [4.69, 9.17) is 4.74 Å². The Morgan fingerprint density at radius 3 is 2.65 bits per heavy atom. The van der Waals surface area contributed by atoms with Crippen molar-refractivity contribution >= 4 is 16.9 Å². The molecule has 0 spiro atoms. The number of piperazine rings is 1. The van der Waals surface area contributed by atoms with E-state index >= 15 is 0 Å². The largest absolute Gasteiger partial charge is 0.496 e. The second-order valence-corrected chi connectivity index (χ2v) is 8.39. The van der Waals surface area contributed by atoms with Crippen molar-refractivity contribution in [1.82, 2.24) is 19.8 Å². The fourth-order valence-electron chi connectivity index (χ4n) is 4.59. The number of aliphatic carboxylic acids is 1. The number of carboxylic acid groups (broad SMARTS) is 1. The Morgan fingerprint density at radius 2 is 1.97 bits per heavy atom. The summed E-state index contributed by atoms with van der Waals surface area (Å²) in [4.78, 5) is 24.5. The Bertz CT molecular complexity index is 1100. The van der Waals surface area contributed by atoms with Crippen molar-refractivity contribution in [3.8, 4) is 5.75 Å². The third-order valence-electron chi connectivity index (χ3n) is 6.29. The molecule has 3 aromatic rings. The highest BCUT2D eigenvalue weighted by Gasteiger charge is 2.32. The standard InChI is InChI=1S/C24H30N4O3/c1-15-5-6-20-18(11-15)19(13-26-20)22(24(29)30)28-9-7-27(8-10-28)14-21-17(3)23(31-4)16(2)12-25-21/h5-6,11-13,22,26H,7-10,14H2,1-4H3,(H,29,30). The van der Waals surface area contributed by atoms with Crippen LogP contribution in [0.15, 0.2) is 30.6 Å². The van der Waals surface area contributed by atoms with Gasteiger partial charge in [0.05, 0.1) is 12.8 Å². The lowest BCUT2D eigenvalue weighted by molar-refractivity contribution is -0.144. The molecule has 0 radical (unpaired) electrons. The third-order valence-corrected chi connectivity index (χ3v) is 6.29. The lowest BCUT2D eigenvalue weighted by Crippen LogP contribution is -2.49. The first-order valence-corrected chi connectivity index (χ1v) is 10.6. The summed E-state index contributed by atoms with van der Waals surface area (Å²) in [7, 11) is 1.69. The van der Waals surface area contributed by atoms with Gasteiger partial charge >= 0.3 is 5.97 Å². The van der Waals surface area contributed by atoms with Gasteiger partial charge < -0.3 is 14.8 Å². The average molecular weight is 423 g/mol. The van der Waals surface area contributed by atoms with E-state index in [1.807, 2.05) is 45.3 Å². The van der Waals surface area contributed by atoms with Crippen LogP contribution in [0.2, 0.25) is 0 Å². The molecule has 1 aromatic carbocycles. The van der Waals surface area contributed by atoms with Crippen molar-refractivity contribution in [3.63, 3.8) is 0 Å². The van der Waals surface area contributed by atoms with Crippen LogP contribution in [0.5, 0.6) is 5.75 Å². The number of nitrogens with one attached hydrogen (secondary N) is 1. The number of fused-ring (bicyclic) bond motifs is 1. The Balaban J connectivity index is 1.49. The van der Waals surface area contributed by atoms with Crippen molar-refractivity contribution in [2.45, 2.75) is 33.4 Å². The van der Waals surface area contributed by atoms with E-state index in [2.05, 4.69) is 25.8 Å². The van der Waals surface area contributed by atoms with Crippen LogP contribution >= 0.6 is 0 Å². The highest BCUT2D eigenvalue weighted by atomic mass is 16.5. The maximum absolute atomic E-state index is 12.3. The summed E-state index contributed by atoms with van der Waals surface area (Å²) in [5, 5.41) is 11.0. The van der Waals surface area contributed by atoms with Crippen molar-refractivity contribution in [2.75, 3.05) is 33.3 Å². The fourth-order valence-corrected chi connectivity index (χ4v) is 4.59. The van der Waals surface area contributed by atoms with Crippen molar-refractivity contribution in [1.29, 1.82) is 0 Å². The molecular weight excluding hydrogens is 392 g/mol. The molecule has 0 aliphatic carbocycles. The highest BCUT2D eigenvalue weighted by molar-refractivity contribution is 5.89. The molecule has 4 rings (SSSR count). The molecule has 1 aliphatic heterocycles. The van der Waals surface area contributed by atoms with Crippen LogP contribution in [0.25, 0.3) is 10.9 Å². The molecule has 1 fully saturated rings. The van der Waals surface area contributed by atoms with Gasteiger partial charge in [0.15, 0.2) is 0 Å². The van der Waals surface area contributed by atoms with Gasteiger partial charge in [-0.05, 0) is 32.9 Å². The quantitative estimate of drug-likeness (QED) is 0.633. The summed E-state index contributed by atoms with van der Waals surface area (Å²) >= 11 is 0. The first kappa shape index (κ1) is 21.3. The minimum Gasteiger partial charge on any atom is -0.496 e. The molecule has 31 heavy (non-hydrogen) atoms. The van der Waals surface area contributed by atoms with E-state index in [1.54, 1.807) is 7.11 Å². The molecule has 2 N–H and O–H groups in total. The molecule has 3 heterocycles. The minimum absolute atomic E-state index is 0.656. The van der Waals surface area contributed by atoms with E-state index in [1.165, 1.54) is 0 Å². The average Bonchev–Trinajstić information content (AvgIpc) is 3.14. The Kier molecular flexibility index (Phi) is 5.98. The third kappa shape index (κ3) is 4.16. The van der Waals surface area contributed by atoms with Crippen LogP contribution in [0.4, 0.5) is 0 Å². The van der Waals surface area contributed by atoms with Crippen molar-refractivity contribution in [3.05, 3.63) is 58.5 Å². The highest BCUT2D eigenvalue weighted by Crippen LogP contribution is 2.31. The molecule has 0 amide bonds. The molecule has 1 unspecified atom stereocenters. The smallest absolute Gasteiger partial charge is 0.325 e. The SMILES string of the molecule is COc1c(C)cnc(CN2CCN(C(C(=O)O)c3c[nH]c4ccc(C)cc34)CC2)c1C. The van der Waals surface area contributed by atoms with Crippen LogP contribution in [0.1, 0.15) is 34.0 Å². The van der Waals surface area contributed by atoms with Gasteiger partial charge in [0.1, 0.15) is 11.8 Å². The number of nitrogens with zero attached hydrogens (tertiary/aromatic N) is 3. The molecule has 1 saturated heterocycles. The van der Waals surface area contributed by atoms with Crippen LogP contribution in [0.3, 0.4) is 0 Å². The Labute approximate surface area is 182 Å². The summed E-state index contributed by atoms with van der Waals surface area (Å²) in [6, 6.07) is 5.45. The first-order chi connectivity index (χ1) is 14.9. The number of aromatic nitrogens is 2. The van der Waals surface area contributed by atoms with Crippen molar-refractivity contribution < 1.29 is 14.6 Å². The summed E-state index contributed by atoms with van der Waals surface area (Å²) < 4.78 is 5.53. The number of pyridine rings is 1. The zero-order chi connectivity index (χ0) is 22.1. The minimum atomic E-state index is -0.809. The lowest BCUT2D eigenvalue weighted by Gasteiger charge is -2.37. The van der Waals surface area contributed by atoms with E-state index in [9.17, 15) is 9.90 Å². The van der Waals surface area contributed by atoms with Crippen LogP contribution in [-0.4, -0.2) is 64.1 Å². The van der Waals surface area contributed by atoms with Crippen molar-refractivity contribution in [2.24, 2.45) is 0 Å². The zero-order valence-electron chi connectivity index (χ0n) is 18.6. The number of rotatable bonds is 6. The molecule has 1 atom stereocenters. The van der Waals surface area contributed by atoms with Gasteiger partial charge in [0, 0.05) is 72.7 Å². The number of aromatic amines is 1. The van der Waals surface area contributed by atoms with Crippen LogP contribution in [0, 0.1) is 20.8 Å². The number of benzene rings is 1. The van der Waals surface area contributed by atoms with Gasteiger partial charge in [-0.3, -0.25) is 19.6 Å². The van der Waals surface area contributed by atoms with Gasteiger partial charge in [-0.1, -0.05) is 11.6 Å². The number of aryl methyl sites for hydroxylation is 2. The fraction of sp³-hybridized carbons (Fsp3) is 0.417. The van der Waals surface area contributed by atoms with Gasteiger partial charge in [-0.25, -0.2) is 0 Å². The molecule has 0 bridgehead atoms. The topological polar surface area (TPSA) is 81.7 Å². The predicted octanol–water partition coefficient (Wildman–Crippen LogP) is 3.44. The van der Waals surface area contributed by atoms with Gasteiger partial charge in [0.2, 0.25) is 0 Å². The van der Waals surface area contributed by atoms with Crippen LogP contribution < -0.4 is 4.74 Å². The Hall–Kier alpha value is -2.90. The van der Waals surface area contributed by atoms with Gasteiger partial charge in [-0.2, -0.15) is 0 Å². The number of hydrogen-bond donors (Lipinski definition) is 2. The maximum atomic E-state index is 12.3. The van der Waals surface area contributed by atoms with E-state index in [0.29, 0.717) is 13.1 Å². The molecule has 0 saturated carbocycles. The summed E-state index contributed by atoms with van der Waals surface area (Å²) in [6.07, 6.45) is 3.71. The van der Waals surface area contributed by atoms with Gasteiger partial charge in [-0.15, -0.1) is 0 Å². The normalized spacial score (nSPS) is 16.5. The molecule has 7 nitrogen and oxygen atoms in total. The monoisotopic (exact) mass is 422 g/mol. The van der Waals surface area contributed by atoms with Crippen LogP contribution in [-0.2, 0) is 11.3 Å². The molecule has 7 heteroatoms. The maximum Gasteiger partial charge on any atom is 0.325 e. The first-order valence-electron chi connectivity index (χ1n) is 10.6. The zero-order valence-corrected chi connectivity index (χ0v) is 18.6. The molecular formula is C24H30N4O3. The Morgan fingerprint density at radius 1 is 1.23 bits per heavy atom. The number of ether oxygens (including phenoxy) is 1. The second kappa shape index (κ2) is 8.69. The van der Waals surface area contributed by atoms with E-state index < -0.39 is 12.0 Å². The molecule has 164 valence electrons. The predicted molar refractivity (Wildman–Crippen MR) is 121 cm³/mol. The summed E-state index contributed by atoms with van der Waals surface area (Å²) in [5.74, 6) is 0.0841. The van der Waals surface area contributed by atoms with E-state index in [-0.39, 0.29) is 0 Å². The lowest BCUT2D eigenvalue weighted by atomic mass is 10.0. The van der Waals surface area contributed by atoms with E-state index in [0.717, 1.165) is 64.2 Å². The number of hydrogen-bond acceptors (Lipinski definition) is 5. The molecule has 1 aliphatic rings. The number of carbonyl (C=O) groups is 1. The second-order valence-electron chi connectivity index (χ2n) is 8.39. The number of carboxylic acids is 1. The number of methoxy groups -OCH3 is 1. The summed E-state index contributed by atoms with van der Waals surface area (Å²) in [6.45, 7) is 9.78. The van der Waals surface area contributed by atoms with Gasteiger partial charge in [0.25, 0.3) is 0 Å². The number of H-pyrrole nitrogens is 1. The summed E-state index contributed by atoms with van der Waals surface area (Å²) in [5.41, 5.74) is 6.05. The molecule has 2 aromatic heterocycles.